The van der Waals surface area contributed by atoms with Gasteiger partial charge in [-0.3, -0.25) is 0 Å². The molecule has 108 valence electrons. The van der Waals surface area contributed by atoms with Gasteiger partial charge in [-0.25, -0.2) is 0 Å². The van der Waals surface area contributed by atoms with Gasteiger partial charge in [0.05, 0.1) is 6.04 Å². The van der Waals surface area contributed by atoms with Gasteiger partial charge in [0.15, 0.2) is 0 Å². The third-order valence-corrected chi connectivity index (χ3v) is 3.70. The Morgan fingerprint density at radius 3 is 2.29 bits per heavy atom. The summed E-state index contributed by atoms with van der Waals surface area (Å²) in [6, 6.07) is 19.4. The largest absolute Gasteiger partial charge is 0.508 e. The quantitative estimate of drug-likeness (QED) is 0.740. The summed E-state index contributed by atoms with van der Waals surface area (Å²) in [4.78, 5) is 0. The van der Waals surface area contributed by atoms with Crippen molar-refractivity contribution < 1.29 is 5.11 Å². The maximum atomic E-state index is 10.2. The first-order valence-electron chi connectivity index (χ1n) is 6.69. The van der Waals surface area contributed by atoms with Gasteiger partial charge in [-0.2, -0.15) is 0 Å². The van der Waals surface area contributed by atoms with Crippen molar-refractivity contribution in [3.63, 3.8) is 0 Å². The van der Waals surface area contributed by atoms with Gasteiger partial charge in [-0.15, -0.1) is 12.4 Å². The standard InChI is InChI=1S/C18H17NO.ClH/c1-12-6-8-14(9-7-12)18(19)17-15-5-3-2-4-13(15)10-11-16(17)20;/h2-11,18,20H,19H2,1H3;1H. The van der Waals surface area contributed by atoms with Gasteiger partial charge in [0.2, 0.25) is 0 Å². The molecule has 0 fully saturated rings. The maximum absolute atomic E-state index is 10.2. The summed E-state index contributed by atoms with van der Waals surface area (Å²) in [5.74, 6) is 0.247. The van der Waals surface area contributed by atoms with Crippen LogP contribution < -0.4 is 5.73 Å². The summed E-state index contributed by atoms with van der Waals surface area (Å²) in [5.41, 5.74) is 9.36. The van der Waals surface area contributed by atoms with Crippen LogP contribution in [-0.4, -0.2) is 5.11 Å². The zero-order chi connectivity index (χ0) is 14.1. The molecule has 0 amide bonds. The molecule has 3 N–H and O–H groups in total. The molecule has 0 radical (unpaired) electrons. The third kappa shape index (κ3) is 2.87. The van der Waals surface area contributed by atoms with E-state index < -0.39 is 0 Å². The van der Waals surface area contributed by atoms with Crippen molar-refractivity contribution in [1.82, 2.24) is 0 Å². The second-order valence-electron chi connectivity index (χ2n) is 5.11. The molecule has 0 bridgehead atoms. The summed E-state index contributed by atoms with van der Waals surface area (Å²) >= 11 is 0. The van der Waals surface area contributed by atoms with E-state index in [1.54, 1.807) is 6.07 Å². The number of nitrogens with two attached hydrogens (primary N) is 1. The molecule has 3 heteroatoms. The molecule has 0 aliphatic rings. The van der Waals surface area contributed by atoms with Crippen LogP contribution in [0.1, 0.15) is 22.7 Å². The second kappa shape index (κ2) is 6.17. The van der Waals surface area contributed by atoms with Crippen LogP contribution in [0.15, 0.2) is 60.7 Å². The monoisotopic (exact) mass is 299 g/mol. The van der Waals surface area contributed by atoms with E-state index in [0.717, 1.165) is 21.9 Å². The lowest BCUT2D eigenvalue weighted by Crippen LogP contribution is -2.12. The number of phenolic OH excluding ortho intramolecular Hbond substituents is 1. The average molecular weight is 300 g/mol. The second-order valence-corrected chi connectivity index (χ2v) is 5.11. The highest BCUT2D eigenvalue weighted by molar-refractivity contribution is 5.88. The van der Waals surface area contributed by atoms with E-state index in [1.807, 2.05) is 61.5 Å². The number of halogens is 1. The Kier molecular flexibility index (Phi) is 4.51. The molecule has 0 aliphatic heterocycles. The number of hydrogen-bond acceptors (Lipinski definition) is 2. The summed E-state index contributed by atoms with van der Waals surface area (Å²) < 4.78 is 0. The molecule has 0 aromatic heterocycles. The van der Waals surface area contributed by atoms with Gasteiger partial charge < -0.3 is 10.8 Å². The Balaban J connectivity index is 0.00000161. The number of rotatable bonds is 2. The van der Waals surface area contributed by atoms with Gasteiger partial charge in [0.1, 0.15) is 5.75 Å². The summed E-state index contributed by atoms with van der Waals surface area (Å²) in [6.45, 7) is 2.05. The van der Waals surface area contributed by atoms with E-state index in [9.17, 15) is 5.11 Å². The average Bonchev–Trinajstić information content (AvgIpc) is 2.47. The number of aryl methyl sites for hydroxylation is 1. The van der Waals surface area contributed by atoms with Crippen LogP contribution >= 0.6 is 12.4 Å². The van der Waals surface area contributed by atoms with Crippen LogP contribution in [0.4, 0.5) is 0 Å². The Labute approximate surface area is 130 Å². The highest BCUT2D eigenvalue weighted by Gasteiger charge is 2.16. The molecule has 3 aromatic rings. The van der Waals surface area contributed by atoms with Crippen LogP contribution in [0.2, 0.25) is 0 Å². The summed E-state index contributed by atoms with van der Waals surface area (Å²) in [6.07, 6.45) is 0. The molecule has 0 heterocycles. The number of hydrogen-bond donors (Lipinski definition) is 2. The maximum Gasteiger partial charge on any atom is 0.121 e. The highest BCUT2D eigenvalue weighted by atomic mass is 35.5. The predicted octanol–water partition coefficient (Wildman–Crippen LogP) is 4.32. The minimum Gasteiger partial charge on any atom is -0.508 e. The molecule has 0 saturated heterocycles. The Hall–Kier alpha value is -2.03. The molecule has 0 spiro atoms. The van der Waals surface area contributed by atoms with Crippen LogP contribution in [0.5, 0.6) is 5.75 Å². The minimum atomic E-state index is -0.332. The van der Waals surface area contributed by atoms with Crippen LogP contribution in [0.25, 0.3) is 10.8 Å². The summed E-state index contributed by atoms with van der Waals surface area (Å²) in [7, 11) is 0. The SMILES string of the molecule is Cc1ccc(C(N)c2c(O)ccc3ccccc23)cc1.Cl. The molecule has 1 unspecified atom stereocenters. The fourth-order valence-electron chi connectivity index (χ4n) is 2.55. The van der Waals surface area contributed by atoms with Crippen molar-refractivity contribution in [1.29, 1.82) is 0 Å². The fraction of sp³-hybridized carbons (Fsp3) is 0.111. The van der Waals surface area contributed by atoms with Gasteiger partial charge in [0.25, 0.3) is 0 Å². The molecule has 2 nitrogen and oxygen atoms in total. The fourth-order valence-corrected chi connectivity index (χ4v) is 2.55. The molecule has 0 saturated carbocycles. The third-order valence-electron chi connectivity index (χ3n) is 3.70. The normalized spacial score (nSPS) is 11.9. The van der Waals surface area contributed by atoms with Gasteiger partial charge in [0, 0.05) is 5.56 Å². The van der Waals surface area contributed by atoms with E-state index >= 15 is 0 Å². The number of phenols is 1. The van der Waals surface area contributed by atoms with Gasteiger partial charge >= 0.3 is 0 Å². The minimum absolute atomic E-state index is 0. The Bertz CT molecular complexity index is 753. The number of fused-ring (bicyclic) bond motifs is 1. The van der Waals surface area contributed by atoms with E-state index in [1.165, 1.54) is 5.56 Å². The lowest BCUT2D eigenvalue weighted by atomic mass is 9.93. The first-order valence-corrected chi connectivity index (χ1v) is 6.69. The smallest absolute Gasteiger partial charge is 0.121 e. The lowest BCUT2D eigenvalue weighted by molar-refractivity contribution is 0.466. The van der Waals surface area contributed by atoms with Crippen LogP contribution in [0.3, 0.4) is 0 Å². The van der Waals surface area contributed by atoms with E-state index in [2.05, 4.69) is 0 Å². The van der Waals surface area contributed by atoms with Crippen molar-refractivity contribution in [3.05, 3.63) is 77.4 Å². The van der Waals surface area contributed by atoms with Crippen LogP contribution in [0, 0.1) is 6.92 Å². The van der Waals surface area contributed by atoms with E-state index in [4.69, 9.17) is 5.73 Å². The number of aromatic hydroxyl groups is 1. The number of benzene rings is 3. The predicted molar refractivity (Wildman–Crippen MR) is 90.1 cm³/mol. The van der Waals surface area contributed by atoms with Crippen molar-refractivity contribution in [3.8, 4) is 5.75 Å². The van der Waals surface area contributed by atoms with Crippen LogP contribution in [-0.2, 0) is 0 Å². The Morgan fingerprint density at radius 2 is 1.57 bits per heavy atom. The summed E-state index contributed by atoms with van der Waals surface area (Å²) in [5, 5.41) is 12.3. The van der Waals surface area contributed by atoms with Gasteiger partial charge in [-0.1, -0.05) is 60.2 Å². The molecule has 0 aliphatic carbocycles. The van der Waals surface area contributed by atoms with E-state index in [0.29, 0.717) is 0 Å². The zero-order valence-corrected chi connectivity index (χ0v) is 12.6. The van der Waals surface area contributed by atoms with Crippen molar-refractivity contribution in [2.45, 2.75) is 13.0 Å². The first-order chi connectivity index (χ1) is 9.66. The van der Waals surface area contributed by atoms with E-state index in [-0.39, 0.29) is 24.2 Å². The topological polar surface area (TPSA) is 46.2 Å². The first kappa shape index (κ1) is 15.4. The molecule has 3 rings (SSSR count). The molecule has 21 heavy (non-hydrogen) atoms. The molecule has 3 aromatic carbocycles. The molecular weight excluding hydrogens is 282 g/mol. The zero-order valence-electron chi connectivity index (χ0n) is 11.8. The Morgan fingerprint density at radius 1 is 0.905 bits per heavy atom. The van der Waals surface area contributed by atoms with Crippen molar-refractivity contribution in [2.24, 2.45) is 5.73 Å². The van der Waals surface area contributed by atoms with Crippen molar-refractivity contribution >= 4 is 23.2 Å². The molecule has 1 atom stereocenters. The van der Waals surface area contributed by atoms with Gasteiger partial charge in [-0.05, 0) is 29.3 Å². The highest BCUT2D eigenvalue weighted by Crippen LogP contribution is 2.34. The van der Waals surface area contributed by atoms with Crippen molar-refractivity contribution in [2.75, 3.05) is 0 Å². The lowest BCUT2D eigenvalue weighted by Gasteiger charge is -2.17. The molecular formula is C18H18ClNO.